The SMILES string of the molecule is CN(CCO)C(=O)c1nc[nH]c1C(=O)N1CCN(c2ccccc2)CC1. The van der Waals surface area contributed by atoms with Crippen LogP contribution in [0.1, 0.15) is 21.0 Å². The highest BCUT2D eigenvalue weighted by molar-refractivity contribution is 6.04. The molecule has 2 aromatic rings. The first kappa shape index (κ1) is 17.9. The molecule has 138 valence electrons. The minimum Gasteiger partial charge on any atom is -0.395 e. The third-order valence-corrected chi connectivity index (χ3v) is 4.53. The number of para-hydroxylation sites is 1. The fraction of sp³-hybridized carbons (Fsp3) is 0.389. The first-order valence-corrected chi connectivity index (χ1v) is 8.60. The fourth-order valence-corrected chi connectivity index (χ4v) is 3.02. The maximum absolute atomic E-state index is 12.8. The summed E-state index contributed by atoms with van der Waals surface area (Å²) in [6.07, 6.45) is 1.35. The van der Waals surface area contributed by atoms with Gasteiger partial charge >= 0.3 is 0 Å². The summed E-state index contributed by atoms with van der Waals surface area (Å²) in [7, 11) is 1.57. The highest BCUT2D eigenvalue weighted by Gasteiger charge is 2.28. The van der Waals surface area contributed by atoms with Crippen molar-refractivity contribution in [3.8, 4) is 0 Å². The van der Waals surface area contributed by atoms with Gasteiger partial charge < -0.3 is 24.8 Å². The lowest BCUT2D eigenvalue weighted by Gasteiger charge is -2.36. The number of aromatic nitrogens is 2. The minimum atomic E-state index is -0.383. The Morgan fingerprint density at radius 3 is 2.54 bits per heavy atom. The van der Waals surface area contributed by atoms with E-state index in [1.54, 1.807) is 11.9 Å². The van der Waals surface area contributed by atoms with Crippen molar-refractivity contribution in [2.24, 2.45) is 0 Å². The Bertz CT molecular complexity index is 753. The molecular weight excluding hydrogens is 334 g/mol. The van der Waals surface area contributed by atoms with Gasteiger partial charge in [-0.1, -0.05) is 18.2 Å². The van der Waals surface area contributed by atoms with Crippen LogP contribution in [0.15, 0.2) is 36.7 Å². The predicted molar refractivity (Wildman–Crippen MR) is 97.2 cm³/mol. The van der Waals surface area contributed by atoms with Gasteiger partial charge in [0.1, 0.15) is 5.69 Å². The number of anilines is 1. The third kappa shape index (κ3) is 3.70. The van der Waals surface area contributed by atoms with Gasteiger partial charge in [-0.25, -0.2) is 4.98 Å². The molecule has 2 N–H and O–H groups in total. The van der Waals surface area contributed by atoms with Crippen LogP contribution in [-0.4, -0.2) is 83.1 Å². The summed E-state index contributed by atoms with van der Waals surface area (Å²) in [5.74, 6) is -0.609. The molecule has 1 aliphatic heterocycles. The second-order valence-electron chi connectivity index (χ2n) is 6.19. The molecule has 2 amide bonds. The number of aliphatic hydroxyl groups excluding tert-OH is 1. The zero-order valence-electron chi connectivity index (χ0n) is 14.8. The summed E-state index contributed by atoms with van der Waals surface area (Å²) < 4.78 is 0. The first-order chi connectivity index (χ1) is 12.6. The maximum atomic E-state index is 12.8. The van der Waals surface area contributed by atoms with Gasteiger partial charge in [-0.3, -0.25) is 9.59 Å². The summed E-state index contributed by atoms with van der Waals surface area (Å²) >= 11 is 0. The molecule has 3 rings (SSSR count). The highest BCUT2D eigenvalue weighted by Crippen LogP contribution is 2.17. The average Bonchev–Trinajstić information content (AvgIpc) is 3.17. The number of hydrogen-bond donors (Lipinski definition) is 2. The molecular formula is C18H23N5O3. The van der Waals surface area contributed by atoms with Crippen LogP contribution < -0.4 is 4.90 Å². The van der Waals surface area contributed by atoms with Crippen molar-refractivity contribution in [3.63, 3.8) is 0 Å². The van der Waals surface area contributed by atoms with Crippen LogP contribution in [0.3, 0.4) is 0 Å². The molecule has 8 nitrogen and oxygen atoms in total. The van der Waals surface area contributed by atoms with Crippen molar-refractivity contribution < 1.29 is 14.7 Å². The average molecular weight is 357 g/mol. The quantitative estimate of drug-likeness (QED) is 0.810. The van der Waals surface area contributed by atoms with Crippen molar-refractivity contribution >= 4 is 17.5 Å². The lowest BCUT2D eigenvalue weighted by atomic mass is 10.2. The molecule has 1 fully saturated rings. The number of amides is 2. The van der Waals surface area contributed by atoms with Gasteiger partial charge in [-0.2, -0.15) is 0 Å². The Morgan fingerprint density at radius 1 is 1.19 bits per heavy atom. The number of carbonyl (C=O) groups excluding carboxylic acids is 2. The van der Waals surface area contributed by atoms with Crippen LogP contribution in [-0.2, 0) is 0 Å². The number of benzene rings is 1. The van der Waals surface area contributed by atoms with Crippen molar-refractivity contribution in [2.45, 2.75) is 0 Å². The Kier molecular flexibility index (Phi) is 5.52. The van der Waals surface area contributed by atoms with Crippen LogP contribution in [0.2, 0.25) is 0 Å². The summed E-state index contributed by atoms with van der Waals surface area (Å²) in [5.41, 5.74) is 1.44. The van der Waals surface area contributed by atoms with E-state index in [2.05, 4.69) is 27.0 Å². The van der Waals surface area contributed by atoms with Crippen LogP contribution in [0.4, 0.5) is 5.69 Å². The van der Waals surface area contributed by atoms with E-state index in [4.69, 9.17) is 5.11 Å². The monoisotopic (exact) mass is 357 g/mol. The van der Waals surface area contributed by atoms with E-state index >= 15 is 0 Å². The van der Waals surface area contributed by atoms with Gasteiger partial charge in [0, 0.05) is 45.5 Å². The zero-order chi connectivity index (χ0) is 18.5. The van der Waals surface area contributed by atoms with E-state index in [0.29, 0.717) is 13.1 Å². The number of aliphatic hydroxyl groups is 1. The summed E-state index contributed by atoms with van der Waals surface area (Å²) in [6, 6.07) is 10.1. The number of H-pyrrole nitrogens is 1. The zero-order valence-corrected chi connectivity index (χ0v) is 14.8. The number of imidazole rings is 1. The van der Waals surface area contributed by atoms with Gasteiger partial charge in [-0.05, 0) is 12.1 Å². The smallest absolute Gasteiger partial charge is 0.274 e. The number of carbonyl (C=O) groups is 2. The van der Waals surface area contributed by atoms with E-state index in [-0.39, 0.29) is 36.4 Å². The summed E-state index contributed by atoms with van der Waals surface area (Å²) in [5, 5.41) is 8.98. The predicted octanol–water partition coefficient (Wildman–Crippen LogP) is 0.436. The summed E-state index contributed by atoms with van der Waals surface area (Å²) in [4.78, 5) is 37.3. The molecule has 8 heteroatoms. The Labute approximate surface area is 152 Å². The fourth-order valence-electron chi connectivity index (χ4n) is 3.02. The Morgan fingerprint density at radius 2 is 1.88 bits per heavy atom. The van der Waals surface area contributed by atoms with Crippen molar-refractivity contribution in [3.05, 3.63) is 48.0 Å². The molecule has 26 heavy (non-hydrogen) atoms. The van der Waals surface area contributed by atoms with E-state index in [1.807, 2.05) is 18.2 Å². The molecule has 0 atom stereocenters. The highest BCUT2D eigenvalue weighted by atomic mass is 16.3. The lowest BCUT2D eigenvalue weighted by Crippen LogP contribution is -2.49. The van der Waals surface area contributed by atoms with E-state index in [9.17, 15) is 9.59 Å². The molecule has 0 aliphatic carbocycles. The standard InChI is InChI=1S/C18H23N5O3/c1-21(11-12-24)17(25)15-16(20-13-19-15)18(26)23-9-7-22(8-10-23)14-5-3-2-4-6-14/h2-6,13,24H,7-12H2,1H3,(H,19,20). The number of likely N-dealkylation sites (N-methyl/N-ethyl adjacent to an activating group) is 1. The topological polar surface area (TPSA) is 92.8 Å². The van der Waals surface area contributed by atoms with Gasteiger partial charge in [0.15, 0.2) is 5.69 Å². The molecule has 1 aromatic carbocycles. The normalized spacial score (nSPS) is 14.4. The second kappa shape index (κ2) is 8.01. The number of aromatic amines is 1. The number of piperazine rings is 1. The number of hydrogen-bond acceptors (Lipinski definition) is 5. The van der Waals surface area contributed by atoms with Crippen molar-refractivity contribution in [1.82, 2.24) is 19.8 Å². The van der Waals surface area contributed by atoms with E-state index in [0.717, 1.165) is 18.8 Å². The van der Waals surface area contributed by atoms with Crippen LogP contribution in [0.25, 0.3) is 0 Å². The molecule has 2 heterocycles. The summed E-state index contributed by atoms with van der Waals surface area (Å²) in [6.45, 7) is 2.67. The molecule has 0 unspecified atom stereocenters. The van der Waals surface area contributed by atoms with Gasteiger partial charge in [0.25, 0.3) is 11.8 Å². The molecule has 1 saturated heterocycles. The van der Waals surface area contributed by atoms with Crippen LogP contribution >= 0.6 is 0 Å². The van der Waals surface area contributed by atoms with Crippen molar-refractivity contribution in [1.29, 1.82) is 0 Å². The molecule has 1 aliphatic rings. The number of nitrogens with zero attached hydrogens (tertiary/aromatic N) is 4. The molecule has 1 aromatic heterocycles. The Hall–Kier alpha value is -2.87. The van der Waals surface area contributed by atoms with Crippen LogP contribution in [0, 0.1) is 0 Å². The van der Waals surface area contributed by atoms with E-state index in [1.165, 1.54) is 11.2 Å². The van der Waals surface area contributed by atoms with Crippen molar-refractivity contribution in [2.75, 3.05) is 51.3 Å². The first-order valence-electron chi connectivity index (χ1n) is 8.60. The van der Waals surface area contributed by atoms with Gasteiger partial charge in [-0.15, -0.1) is 0 Å². The van der Waals surface area contributed by atoms with E-state index < -0.39 is 0 Å². The molecule has 0 bridgehead atoms. The number of rotatable bonds is 5. The largest absolute Gasteiger partial charge is 0.395 e. The molecule has 0 spiro atoms. The van der Waals surface area contributed by atoms with Gasteiger partial charge in [0.05, 0.1) is 12.9 Å². The minimum absolute atomic E-state index is 0.0939. The third-order valence-electron chi connectivity index (χ3n) is 4.53. The number of nitrogens with one attached hydrogen (secondary N) is 1. The molecule has 0 radical (unpaired) electrons. The molecule has 0 saturated carbocycles. The Balaban J connectivity index is 1.66. The van der Waals surface area contributed by atoms with Gasteiger partial charge in [0.2, 0.25) is 0 Å². The lowest BCUT2D eigenvalue weighted by molar-refractivity contribution is 0.0711. The van der Waals surface area contributed by atoms with Crippen LogP contribution in [0.5, 0.6) is 0 Å². The maximum Gasteiger partial charge on any atom is 0.274 e. The second-order valence-corrected chi connectivity index (χ2v) is 6.19.